The van der Waals surface area contributed by atoms with E-state index in [1.165, 1.54) is 38.5 Å². The van der Waals surface area contributed by atoms with Crippen molar-refractivity contribution in [2.45, 2.75) is 96.6 Å². The summed E-state index contributed by atoms with van der Waals surface area (Å²) in [7, 11) is 0. The highest BCUT2D eigenvalue weighted by molar-refractivity contribution is 4.98. The van der Waals surface area contributed by atoms with Gasteiger partial charge < -0.3 is 0 Å². The molecule has 26 heavy (non-hydrogen) atoms. The lowest BCUT2D eigenvalue weighted by atomic mass is 9.97. The van der Waals surface area contributed by atoms with E-state index in [1.54, 1.807) is 0 Å². The van der Waals surface area contributed by atoms with Crippen molar-refractivity contribution in [3.8, 4) is 0 Å². The molecule has 0 atom stereocenters. The molecule has 0 saturated heterocycles. The highest BCUT2D eigenvalue weighted by Crippen LogP contribution is 2.53. The van der Waals surface area contributed by atoms with Crippen molar-refractivity contribution in [1.82, 2.24) is 0 Å². The van der Waals surface area contributed by atoms with Gasteiger partial charge in [0.1, 0.15) is 0 Å². The van der Waals surface area contributed by atoms with Gasteiger partial charge in [0.25, 0.3) is 5.67 Å². The maximum Gasteiger partial charge on any atom is 0.431 e. The largest absolute Gasteiger partial charge is 0.431 e. The molecule has 0 radical (unpaired) electrons. The van der Waals surface area contributed by atoms with Gasteiger partial charge in [-0.15, -0.1) is 0 Å². The maximum atomic E-state index is 12.8. The lowest BCUT2D eigenvalue weighted by Crippen LogP contribution is -2.53. The Morgan fingerprint density at radius 1 is 0.538 bits per heavy atom. The molecule has 4 rings (SSSR count). The van der Waals surface area contributed by atoms with E-state index in [1.807, 2.05) is 0 Å². The fraction of sp³-hybridized carbons (Fsp3) is 1.00. The normalized spacial score (nSPS) is 22.8. The fourth-order valence-electron chi connectivity index (χ4n) is 1.61. The summed E-state index contributed by atoms with van der Waals surface area (Å²) in [6, 6.07) is 0. The molecule has 0 nitrogen and oxygen atoms in total. The van der Waals surface area contributed by atoms with Crippen LogP contribution in [-0.4, -0.2) is 18.0 Å². The van der Waals surface area contributed by atoms with Gasteiger partial charge in [-0.25, -0.2) is 4.39 Å². The summed E-state index contributed by atoms with van der Waals surface area (Å²) in [6.45, 7) is 6.83. The third-order valence-corrected chi connectivity index (χ3v) is 4.76. The zero-order chi connectivity index (χ0) is 20.2. The molecule has 0 heterocycles. The lowest BCUT2D eigenvalue weighted by Gasteiger charge is -2.29. The third-order valence-electron chi connectivity index (χ3n) is 4.76. The van der Waals surface area contributed by atoms with E-state index in [-0.39, 0.29) is 12.8 Å². The molecule has 156 valence electrons. The number of halogens is 7. The number of hydrogen-bond donors (Lipinski definition) is 0. The van der Waals surface area contributed by atoms with Crippen molar-refractivity contribution in [3.63, 3.8) is 0 Å². The van der Waals surface area contributed by atoms with Crippen LogP contribution in [0.3, 0.4) is 0 Å². The van der Waals surface area contributed by atoms with Gasteiger partial charge in [-0.1, -0.05) is 72.1 Å². The van der Waals surface area contributed by atoms with E-state index in [0.29, 0.717) is 0 Å². The predicted molar refractivity (Wildman–Crippen MR) is 88.5 cm³/mol. The quantitative estimate of drug-likeness (QED) is 0.420. The average Bonchev–Trinajstić information content (AvgIpc) is 3.27. The van der Waals surface area contributed by atoms with E-state index in [0.717, 1.165) is 17.8 Å². The summed E-state index contributed by atoms with van der Waals surface area (Å²) < 4.78 is 84.2. The molecule has 0 aromatic heterocycles. The summed E-state index contributed by atoms with van der Waals surface area (Å²) in [5.41, 5.74) is -5.04. The van der Waals surface area contributed by atoms with Crippen LogP contribution in [-0.2, 0) is 0 Å². The third kappa shape index (κ3) is 10.0. The van der Waals surface area contributed by atoms with Gasteiger partial charge in [0.15, 0.2) is 0 Å². The van der Waals surface area contributed by atoms with Crippen molar-refractivity contribution >= 4 is 0 Å². The van der Waals surface area contributed by atoms with E-state index in [2.05, 4.69) is 20.8 Å². The molecule has 4 aliphatic carbocycles. The Morgan fingerprint density at radius 3 is 0.885 bits per heavy atom. The minimum absolute atomic E-state index is 0.234. The number of hydrogen-bond acceptors (Lipinski definition) is 0. The molecule has 0 aromatic rings. The summed E-state index contributed by atoms with van der Waals surface area (Å²) in [4.78, 5) is 0. The van der Waals surface area contributed by atoms with Crippen molar-refractivity contribution < 1.29 is 30.7 Å². The SMILES string of the molecule is CC1CC1.CC1CC1.CC1CC1.FC(F)(F)C(F)(CC1CC1)C(F)(F)F. The lowest BCUT2D eigenvalue weighted by molar-refractivity contribution is -0.344. The molecule has 0 N–H and O–H groups in total. The minimum Gasteiger partial charge on any atom is -0.224 e. The maximum absolute atomic E-state index is 12.8. The van der Waals surface area contributed by atoms with Crippen LogP contribution < -0.4 is 0 Å². The van der Waals surface area contributed by atoms with Crippen LogP contribution in [0.1, 0.15) is 78.6 Å². The van der Waals surface area contributed by atoms with E-state index in [9.17, 15) is 30.7 Å². The highest BCUT2D eigenvalue weighted by Gasteiger charge is 2.73. The number of alkyl halides is 7. The minimum atomic E-state index is -5.88. The average molecular weight is 392 g/mol. The molecule has 0 spiro atoms. The van der Waals surface area contributed by atoms with Crippen LogP contribution in [0.4, 0.5) is 30.7 Å². The molecule has 0 aliphatic heterocycles. The Labute approximate surface area is 151 Å². The van der Waals surface area contributed by atoms with Crippen LogP contribution in [0.5, 0.6) is 0 Å². The Hall–Kier alpha value is -0.490. The zero-order valence-corrected chi connectivity index (χ0v) is 15.8. The van der Waals surface area contributed by atoms with E-state index < -0.39 is 30.4 Å². The molecule has 4 saturated carbocycles. The summed E-state index contributed by atoms with van der Waals surface area (Å²) in [5.74, 6) is 2.46. The zero-order valence-electron chi connectivity index (χ0n) is 15.8. The van der Waals surface area contributed by atoms with Crippen LogP contribution in [0.25, 0.3) is 0 Å². The Morgan fingerprint density at radius 2 is 0.769 bits per heavy atom. The van der Waals surface area contributed by atoms with Gasteiger partial charge in [-0.3, -0.25) is 0 Å². The van der Waals surface area contributed by atoms with Gasteiger partial charge in [-0.2, -0.15) is 26.3 Å². The standard InChI is InChI=1S/C7H7F7.3C4H8/c8-5(6(9,10)11,7(12,13)14)3-4-1-2-4;3*1-4-2-3-4/h4H,1-3H2;3*4H,2-3H2,1H3. The second-order valence-corrected chi connectivity index (χ2v) is 8.49. The molecule has 7 heteroatoms. The molecule has 0 bridgehead atoms. The first-order valence-electron chi connectivity index (χ1n) is 9.58. The van der Waals surface area contributed by atoms with Gasteiger partial charge in [0.2, 0.25) is 0 Å². The van der Waals surface area contributed by atoms with Crippen molar-refractivity contribution in [2.75, 3.05) is 0 Å². The first kappa shape index (κ1) is 23.5. The monoisotopic (exact) mass is 392 g/mol. The van der Waals surface area contributed by atoms with Crippen molar-refractivity contribution in [3.05, 3.63) is 0 Å². The molecular formula is C19H31F7. The van der Waals surface area contributed by atoms with Crippen molar-refractivity contribution in [1.29, 1.82) is 0 Å². The van der Waals surface area contributed by atoms with Gasteiger partial charge in [0, 0.05) is 6.42 Å². The Bertz CT molecular complexity index is 359. The van der Waals surface area contributed by atoms with Gasteiger partial charge >= 0.3 is 12.4 Å². The summed E-state index contributed by atoms with van der Waals surface area (Å²) in [6.07, 6.45) is -3.88. The van der Waals surface area contributed by atoms with Crippen LogP contribution in [0.15, 0.2) is 0 Å². The first-order chi connectivity index (χ1) is 11.8. The second kappa shape index (κ2) is 9.13. The Balaban J connectivity index is 0.000000223. The summed E-state index contributed by atoms with van der Waals surface area (Å²) >= 11 is 0. The molecule has 4 fully saturated rings. The van der Waals surface area contributed by atoms with Crippen molar-refractivity contribution in [2.24, 2.45) is 23.7 Å². The van der Waals surface area contributed by atoms with Crippen LogP contribution in [0, 0.1) is 23.7 Å². The van der Waals surface area contributed by atoms with Gasteiger partial charge in [0.05, 0.1) is 0 Å². The molecule has 0 aromatic carbocycles. The fourth-order valence-corrected chi connectivity index (χ4v) is 1.61. The highest BCUT2D eigenvalue weighted by atomic mass is 19.4. The predicted octanol–water partition coefficient (Wildman–Crippen LogP) is 7.87. The second-order valence-electron chi connectivity index (χ2n) is 8.49. The topological polar surface area (TPSA) is 0 Å². The van der Waals surface area contributed by atoms with Gasteiger partial charge in [-0.05, 0) is 23.7 Å². The van der Waals surface area contributed by atoms with E-state index in [4.69, 9.17) is 0 Å². The van der Waals surface area contributed by atoms with E-state index >= 15 is 0 Å². The van der Waals surface area contributed by atoms with Crippen LogP contribution >= 0.6 is 0 Å². The molecular weight excluding hydrogens is 361 g/mol. The number of rotatable bonds is 2. The molecule has 0 amide bonds. The summed E-state index contributed by atoms with van der Waals surface area (Å²) in [5, 5.41) is 0. The smallest absolute Gasteiger partial charge is 0.224 e. The first-order valence-corrected chi connectivity index (χ1v) is 9.58. The Kier molecular flexibility index (Phi) is 8.27. The molecule has 0 unspecified atom stereocenters. The molecule has 4 aliphatic rings. The van der Waals surface area contributed by atoms with Crippen LogP contribution in [0.2, 0.25) is 0 Å².